The topological polar surface area (TPSA) is 67.9 Å². The lowest BCUT2D eigenvalue weighted by molar-refractivity contribution is -0.247. The Morgan fingerprint density at radius 1 is 1.07 bits per heavy atom. The van der Waals surface area contributed by atoms with Crippen molar-refractivity contribution in [3.8, 4) is 11.1 Å². The van der Waals surface area contributed by atoms with Gasteiger partial charge < -0.3 is 10.2 Å². The van der Waals surface area contributed by atoms with E-state index in [0.717, 1.165) is 12.8 Å². The van der Waals surface area contributed by atoms with Gasteiger partial charge in [0.25, 0.3) is 0 Å². The van der Waals surface area contributed by atoms with Gasteiger partial charge in [-0.25, -0.2) is 4.79 Å². The van der Waals surface area contributed by atoms with E-state index in [-0.39, 0.29) is 24.5 Å². The molecule has 152 valence electrons. The van der Waals surface area contributed by atoms with E-state index in [1.54, 1.807) is 4.90 Å². The molecule has 1 fully saturated rings. The average Bonchev–Trinajstić information content (AvgIpc) is 3.08. The first-order valence-corrected chi connectivity index (χ1v) is 10.2. The van der Waals surface area contributed by atoms with E-state index in [2.05, 4.69) is 29.6 Å². The molecule has 0 bridgehead atoms. The Morgan fingerprint density at radius 2 is 1.72 bits per heavy atom. The summed E-state index contributed by atoms with van der Waals surface area (Å²) in [4.78, 5) is 36.2. The number of nitrogens with zero attached hydrogens (tertiary/aromatic N) is 1. The standard InChI is InChI=1S/C23H26N2O4/c1-2-22(26)24-16-8-7-13-25(14-16)23(27)29-28-15-21-19-11-5-3-9-17(19)18-10-4-6-12-20(18)21/h3-6,9-12,16,21H,2,7-8,13-15H2,1H3,(H,24,26). The number of carbonyl (C=O) groups excluding carboxylic acids is 2. The van der Waals surface area contributed by atoms with Gasteiger partial charge in [0.2, 0.25) is 5.91 Å². The summed E-state index contributed by atoms with van der Waals surface area (Å²) in [5.74, 6) is 0.0354. The van der Waals surface area contributed by atoms with Gasteiger partial charge in [0, 0.05) is 31.5 Å². The summed E-state index contributed by atoms with van der Waals surface area (Å²) >= 11 is 0. The SMILES string of the molecule is CCC(=O)NC1CCCN(C(=O)OOCC2c3ccccc3-c3ccccc32)C1. The van der Waals surface area contributed by atoms with E-state index in [1.165, 1.54) is 22.3 Å². The van der Waals surface area contributed by atoms with Crippen LogP contribution >= 0.6 is 0 Å². The predicted octanol–water partition coefficient (Wildman–Crippen LogP) is 3.86. The van der Waals surface area contributed by atoms with Gasteiger partial charge in [-0.3, -0.25) is 9.68 Å². The Morgan fingerprint density at radius 3 is 2.38 bits per heavy atom. The number of carbonyl (C=O) groups is 2. The van der Waals surface area contributed by atoms with Crippen LogP contribution in [0.2, 0.25) is 0 Å². The smallest absolute Gasteiger partial charge is 0.352 e. The molecule has 0 aromatic heterocycles. The van der Waals surface area contributed by atoms with Gasteiger partial charge in [0.1, 0.15) is 6.61 Å². The molecular formula is C23H26N2O4. The van der Waals surface area contributed by atoms with Gasteiger partial charge in [-0.05, 0) is 35.1 Å². The summed E-state index contributed by atoms with van der Waals surface area (Å²) < 4.78 is 0. The molecule has 0 saturated carbocycles. The molecule has 6 heteroatoms. The lowest BCUT2D eigenvalue weighted by atomic mass is 9.98. The number of rotatable bonds is 5. The molecule has 2 amide bonds. The predicted molar refractivity (Wildman–Crippen MR) is 109 cm³/mol. The normalized spacial score (nSPS) is 18.1. The third-order valence-corrected chi connectivity index (χ3v) is 5.69. The number of likely N-dealkylation sites (tertiary alicyclic amines) is 1. The molecule has 1 N–H and O–H groups in total. The van der Waals surface area contributed by atoms with Crippen molar-refractivity contribution in [1.82, 2.24) is 10.2 Å². The van der Waals surface area contributed by atoms with Crippen molar-refractivity contribution >= 4 is 12.0 Å². The number of fused-ring (bicyclic) bond motifs is 3. The second-order valence-electron chi connectivity index (χ2n) is 7.57. The van der Waals surface area contributed by atoms with Gasteiger partial charge in [0.05, 0.1) is 0 Å². The Bertz CT molecular complexity index is 852. The number of nitrogens with one attached hydrogen (secondary N) is 1. The minimum atomic E-state index is -0.500. The highest BCUT2D eigenvalue weighted by Gasteiger charge is 2.30. The second kappa shape index (κ2) is 8.66. The quantitative estimate of drug-likeness (QED) is 0.618. The fourth-order valence-corrected chi connectivity index (χ4v) is 4.24. The Labute approximate surface area is 170 Å². The highest BCUT2D eigenvalue weighted by atomic mass is 17.2. The molecule has 1 aliphatic carbocycles. The zero-order valence-electron chi connectivity index (χ0n) is 16.6. The first kappa shape index (κ1) is 19.5. The van der Waals surface area contributed by atoms with Crippen LogP contribution in [0.15, 0.2) is 48.5 Å². The molecule has 2 aliphatic rings. The first-order chi connectivity index (χ1) is 14.2. The Balaban J connectivity index is 1.34. The van der Waals surface area contributed by atoms with Crippen molar-refractivity contribution in [2.45, 2.75) is 38.1 Å². The van der Waals surface area contributed by atoms with Gasteiger partial charge in [-0.1, -0.05) is 55.5 Å². The molecule has 6 nitrogen and oxygen atoms in total. The molecule has 29 heavy (non-hydrogen) atoms. The molecule has 4 rings (SSSR count). The van der Waals surface area contributed by atoms with Crippen LogP contribution < -0.4 is 5.32 Å². The largest absolute Gasteiger partial charge is 0.441 e. The second-order valence-corrected chi connectivity index (χ2v) is 7.57. The van der Waals surface area contributed by atoms with Gasteiger partial charge in [0.15, 0.2) is 0 Å². The van der Waals surface area contributed by atoms with Crippen molar-refractivity contribution in [2.24, 2.45) is 0 Å². The maximum atomic E-state index is 12.4. The summed E-state index contributed by atoms with van der Waals surface area (Å²) in [6.07, 6.45) is 1.63. The third-order valence-electron chi connectivity index (χ3n) is 5.69. The highest BCUT2D eigenvalue weighted by molar-refractivity contribution is 5.78. The lowest BCUT2D eigenvalue weighted by Gasteiger charge is -2.31. The monoisotopic (exact) mass is 394 g/mol. The van der Waals surface area contributed by atoms with Crippen LogP contribution in [-0.2, 0) is 14.6 Å². The van der Waals surface area contributed by atoms with E-state index in [0.29, 0.717) is 19.5 Å². The number of amides is 2. The first-order valence-electron chi connectivity index (χ1n) is 10.2. The summed E-state index contributed by atoms with van der Waals surface area (Å²) in [7, 11) is 0. The van der Waals surface area contributed by atoms with E-state index < -0.39 is 6.09 Å². The Kier molecular flexibility index (Phi) is 5.81. The van der Waals surface area contributed by atoms with E-state index in [9.17, 15) is 9.59 Å². The zero-order chi connectivity index (χ0) is 20.2. The fourth-order valence-electron chi connectivity index (χ4n) is 4.24. The maximum absolute atomic E-state index is 12.4. The number of hydrogen-bond donors (Lipinski definition) is 1. The van der Waals surface area contributed by atoms with Crippen LogP contribution in [0.3, 0.4) is 0 Å². The highest BCUT2D eigenvalue weighted by Crippen LogP contribution is 2.44. The van der Waals surface area contributed by atoms with Crippen LogP contribution in [0.4, 0.5) is 4.79 Å². The van der Waals surface area contributed by atoms with Gasteiger partial charge in [-0.15, -0.1) is 0 Å². The Hall–Kier alpha value is -2.86. The fraction of sp³-hybridized carbons (Fsp3) is 0.391. The number of hydrogen-bond acceptors (Lipinski definition) is 4. The molecule has 1 unspecified atom stereocenters. The molecule has 2 aromatic rings. The van der Waals surface area contributed by atoms with E-state index in [1.807, 2.05) is 31.2 Å². The van der Waals surface area contributed by atoms with Crippen LogP contribution in [0.5, 0.6) is 0 Å². The lowest BCUT2D eigenvalue weighted by Crippen LogP contribution is -2.49. The summed E-state index contributed by atoms with van der Waals surface area (Å²) in [6, 6.07) is 16.5. The molecule has 0 spiro atoms. The maximum Gasteiger partial charge on any atom is 0.441 e. The van der Waals surface area contributed by atoms with Crippen LogP contribution in [0.1, 0.15) is 43.2 Å². The molecule has 1 heterocycles. The van der Waals surface area contributed by atoms with Crippen molar-refractivity contribution < 1.29 is 19.4 Å². The van der Waals surface area contributed by atoms with Crippen molar-refractivity contribution in [1.29, 1.82) is 0 Å². The summed E-state index contributed by atoms with van der Waals surface area (Å²) in [6.45, 7) is 3.14. The van der Waals surface area contributed by atoms with Crippen LogP contribution in [0.25, 0.3) is 11.1 Å². The van der Waals surface area contributed by atoms with Crippen molar-refractivity contribution in [2.75, 3.05) is 19.7 Å². The summed E-state index contributed by atoms with van der Waals surface area (Å²) in [5.41, 5.74) is 4.78. The minimum Gasteiger partial charge on any atom is -0.352 e. The molecule has 0 radical (unpaired) electrons. The number of benzene rings is 2. The number of piperidine rings is 1. The van der Waals surface area contributed by atoms with E-state index in [4.69, 9.17) is 9.78 Å². The minimum absolute atomic E-state index is 0.0000290. The average molecular weight is 394 g/mol. The zero-order valence-corrected chi connectivity index (χ0v) is 16.6. The van der Waals surface area contributed by atoms with Crippen LogP contribution in [0, 0.1) is 0 Å². The molecule has 1 saturated heterocycles. The van der Waals surface area contributed by atoms with Gasteiger partial charge >= 0.3 is 6.09 Å². The van der Waals surface area contributed by atoms with Gasteiger partial charge in [-0.2, -0.15) is 4.89 Å². The third kappa shape index (κ3) is 4.12. The summed E-state index contributed by atoms with van der Waals surface area (Å²) in [5, 5.41) is 2.95. The van der Waals surface area contributed by atoms with Crippen molar-refractivity contribution in [3.63, 3.8) is 0 Å². The van der Waals surface area contributed by atoms with Crippen LogP contribution in [-0.4, -0.2) is 42.6 Å². The molecule has 1 atom stereocenters. The molecule has 2 aromatic carbocycles. The van der Waals surface area contributed by atoms with E-state index >= 15 is 0 Å². The molecular weight excluding hydrogens is 368 g/mol. The van der Waals surface area contributed by atoms with Crippen molar-refractivity contribution in [3.05, 3.63) is 59.7 Å². The molecule has 1 aliphatic heterocycles.